The summed E-state index contributed by atoms with van der Waals surface area (Å²) in [6.45, 7) is 4.34. The molecule has 128 valence electrons. The smallest absolute Gasteiger partial charge is 0.272 e. The third-order valence-corrected chi connectivity index (χ3v) is 5.11. The molecule has 1 aliphatic heterocycles. The lowest BCUT2D eigenvalue weighted by atomic mass is 9.93. The van der Waals surface area contributed by atoms with E-state index < -0.39 is 0 Å². The number of carbonyl (C=O) groups excluding carboxylic acids is 1. The first-order valence-corrected chi connectivity index (χ1v) is 8.97. The second kappa shape index (κ2) is 6.37. The van der Waals surface area contributed by atoms with E-state index in [0.29, 0.717) is 17.5 Å². The summed E-state index contributed by atoms with van der Waals surface area (Å²) in [6, 6.07) is 1.81. The lowest BCUT2D eigenvalue weighted by molar-refractivity contribution is 0.0677. The number of likely N-dealkylation sites (tertiary alicyclic amines) is 1. The molecule has 1 saturated carbocycles. The SMILES string of the molecule is CCn1nccc1C(=O)N1CCC(Cc2nc(C3CC3)n[nH]2)CC1. The molecule has 7 heteroatoms. The van der Waals surface area contributed by atoms with E-state index in [1.807, 2.05) is 17.9 Å². The molecule has 4 rings (SSSR count). The fraction of sp³-hybridized carbons (Fsp3) is 0.647. The number of nitrogens with zero attached hydrogens (tertiary/aromatic N) is 5. The van der Waals surface area contributed by atoms with Gasteiger partial charge in [-0.1, -0.05) is 0 Å². The fourth-order valence-corrected chi connectivity index (χ4v) is 3.47. The van der Waals surface area contributed by atoms with Crippen molar-refractivity contribution in [1.29, 1.82) is 0 Å². The van der Waals surface area contributed by atoms with Crippen LogP contribution in [0.1, 0.15) is 60.7 Å². The van der Waals surface area contributed by atoms with Crippen molar-refractivity contribution in [1.82, 2.24) is 29.9 Å². The molecule has 0 aromatic carbocycles. The summed E-state index contributed by atoms with van der Waals surface area (Å²) in [5.41, 5.74) is 0.695. The Labute approximate surface area is 141 Å². The highest BCUT2D eigenvalue weighted by molar-refractivity contribution is 5.92. The Morgan fingerprint density at radius 1 is 1.29 bits per heavy atom. The maximum absolute atomic E-state index is 12.6. The highest BCUT2D eigenvalue weighted by Gasteiger charge is 2.29. The van der Waals surface area contributed by atoms with Crippen LogP contribution in [-0.2, 0) is 13.0 Å². The van der Waals surface area contributed by atoms with Crippen molar-refractivity contribution < 1.29 is 4.79 Å². The molecule has 3 heterocycles. The van der Waals surface area contributed by atoms with E-state index in [9.17, 15) is 4.79 Å². The molecule has 1 aliphatic carbocycles. The molecule has 2 fully saturated rings. The second-order valence-electron chi connectivity index (χ2n) is 6.89. The first kappa shape index (κ1) is 15.4. The van der Waals surface area contributed by atoms with Gasteiger partial charge in [-0.05, 0) is 44.6 Å². The predicted molar refractivity (Wildman–Crippen MR) is 88.6 cm³/mol. The van der Waals surface area contributed by atoms with Crippen LogP contribution in [0.2, 0.25) is 0 Å². The Morgan fingerprint density at radius 2 is 2.08 bits per heavy atom. The third kappa shape index (κ3) is 3.07. The number of H-pyrrole nitrogens is 1. The Kier molecular flexibility index (Phi) is 4.08. The van der Waals surface area contributed by atoms with Gasteiger partial charge in [-0.3, -0.25) is 14.6 Å². The van der Waals surface area contributed by atoms with E-state index in [0.717, 1.165) is 50.5 Å². The van der Waals surface area contributed by atoms with E-state index in [4.69, 9.17) is 0 Å². The molecule has 0 atom stereocenters. The van der Waals surface area contributed by atoms with E-state index in [1.54, 1.807) is 10.9 Å². The van der Waals surface area contributed by atoms with Gasteiger partial charge in [-0.2, -0.15) is 10.2 Å². The van der Waals surface area contributed by atoms with Crippen LogP contribution < -0.4 is 0 Å². The van der Waals surface area contributed by atoms with Crippen molar-refractivity contribution in [2.24, 2.45) is 5.92 Å². The average molecular weight is 328 g/mol. The van der Waals surface area contributed by atoms with Gasteiger partial charge in [0.15, 0.2) is 5.82 Å². The second-order valence-corrected chi connectivity index (χ2v) is 6.89. The lowest BCUT2D eigenvalue weighted by Crippen LogP contribution is -2.39. The standard InChI is InChI=1S/C17H24N6O/c1-2-23-14(5-8-18-23)17(24)22-9-6-12(7-10-22)11-15-19-16(21-20-15)13-3-4-13/h5,8,12-13H,2-4,6-7,9-11H2,1H3,(H,19,20,21). The summed E-state index contributed by atoms with van der Waals surface area (Å²) >= 11 is 0. The Hall–Kier alpha value is -2.18. The number of amides is 1. The molecule has 2 aromatic rings. The quantitative estimate of drug-likeness (QED) is 0.910. The first-order valence-electron chi connectivity index (χ1n) is 8.97. The molecule has 1 N–H and O–H groups in total. The van der Waals surface area contributed by atoms with Crippen molar-refractivity contribution >= 4 is 5.91 Å². The number of piperidine rings is 1. The number of aromatic nitrogens is 5. The molecule has 24 heavy (non-hydrogen) atoms. The van der Waals surface area contributed by atoms with Gasteiger partial charge in [0, 0.05) is 38.2 Å². The van der Waals surface area contributed by atoms with Crippen molar-refractivity contribution in [3.63, 3.8) is 0 Å². The van der Waals surface area contributed by atoms with Gasteiger partial charge in [0.25, 0.3) is 5.91 Å². The zero-order chi connectivity index (χ0) is 16.5. The molecule has 1 saturated heterocycles. The van der Waals surface area contributed by atoms with Gasteiger partial charge in [0.2, 0.25) is 0 Å². The summed E-state index contributed by atoms with van der Waals surface area (Å²) in [6.07, 6.45) is 7.13. The average Bonchev–Trinajstić information content (AvgIpc) is 3.17. The van der Waals surface area contributed by atoms with Crippen LogP contribution in [0.5, 0.6) is 0 Å². The number of nitrogens with one attached hydrogen (secondary N) is 1. The van der Waals surface area contributed by atoms with Crippen LogP contribution in [0.4, 0.5) is 0 Å². The van der Waals surface area contributed by atoms with Crippen LogP contribution >= 0.6 is 0 Å². The molecule has 7 nitrogen and oxygen atoms in total. The molecular weight excluding hydrogens is 304 g/mol. The minimum Gasteiger partial charge on any atom is -0.337 e. The zero-order valence-corrected chi connectivity index (χ0v) is 14.1. The number of carbonyl (C=O) groups is 1. The van der Waals surface area contributed by atoms with E-state index in [-0.39, 0.29) is 5.91 Å². The summed E-state index contributed by atoms with van der Waals surface area (Å²) in [4.78, 5) is 19.2. The van der Waals surface area contributed by atoms with Gasteiger partial charge >= 0.3 is 0 Å². The monoisotopic (exact) mass is 328 g/mol. The number of hydrogen-bond donors (Lipinski definition) is 1. The highest BCUT2D eigenvalue weighted by Crippen LogP contribution is 2.37. The van der Waals surface area contributed by atoms with E-state index in [2.05, 4.69) is 20.3 Å². The number of hydrogen-bond acceptors (Lipinski definition) is 4. The van der Waals surface area contributed by atoms with Crippen molar-refractivity contribution in [3.8, 4) is 0 Å². The largest absolute Gasteiger partial charge is 0.337 e. The third-order valence-electron chi connectivity index (χ3n) is 5.11. The Morgan fingerprint density at radius 3 is 2.79 bits per heavy atom. The maximum atomic E-state index is 12.6. The molecule has 0 spiro atoms. The normalized spacial score (nSPS) is 19.0. The molecule has 0 bridgehead atoms. The van der Waals surface area contributed by atoms with Crippen molar-refractivity contribution in [2.75, 3.05) is 13.1 Å². The fourth-order valence-electron chi connectivity index (χ4n) is 3.47. The van der Waals surface area contributed by atoms with Gasteiger partial charge in [0.05, 0.1) is 0 Å². The molecule has 2 aromatic heterocycles. The van der Waals surface area contributed by atoms with Crippen LogP contribution in [0.25, 0.3) is 0 Å². The zero-order valence-electron chi connectivity index (χ0n) is 14.1. The van der Waals surface area contributed by atoms with Crippen LogP contribution in [0, 0.1) is 5.92 Å². The van der Waals surface area contributed by atoms with Gasteiger partial charge in [0.1, 0.15) is 11.5 Å². The van der Waals surface area contributed by atoms with Crippen molar-refractivity contribution in [3.05, 3.63) is 29.6 Å². The minimum atomic E-state index is 0.100. The van der Waals surface area contributed by atoms with Crippen LogP contribution in [0.15, 0.2) is 12.3 Å². The minimum absolute atomic E-state index is 0.100. The highest BCUT2D eigenvalue weighted by atomic mass is 16.2. The Bertz CT molecular complexity index is 708. The molecule has 0 radical (unpaired) electrons. The van der Waals surface area contributed by atoms with Crippen LogP contribution in [0.3, 0.4) is 0 Å². The summed E-state index contributed by atoms with van der Waals surface area (Å²) in [5, 5.41) is 11.6. The number of aromatic amines is 1. The first-order chi connectivity index (χ1) is 11.7. The van der Waals surface area contributed by atoms with Crippen molar-refractivity contribution in [2.45, 2.75) is 51.5 Å². The van der Waals surface area contributed by atoms with E-state index >= 15 is 0 Å². The molecule has 0 unspecified atom stereocenters. The molecular formula is C17H24N6O. The Balaban J connectivity index is 1.32. The predicted octanol–water partition coefficient (Wildman–Crippen LogP) is 1.99. The maximum Gasteiger partial charge on any atom is 0.272 e. The summed E-state index contributed by atoms with van der Waals surface area (Å²) in [5.74, 6) is 3.27. The summed E-state index contributed by atoms with van der Waals surface area (Å²) < 4.78 is 1.77. The lowest BCUT2D eigenvalue weighted by Gasteiger charge is -2.31. The number of aryl methyl sites for hydroxylation is 1. The van der Waals surface area contributed by atoms with Crippen LogP contribution in [-0.4, -0.2) is 48.9 Å². The van der Waals surface area contributed by atoms with Gasteiger partial charge in [-0.25, -0.2) is 4.98 Å². The molecule has 2 aliphatic rings. The number of rotatable bonds is 5. The molecule has 1 amide bonds. The van der Waals surface area contributed by atoms with Gasteiger partial charge in [-0.15, -0.1) is 0 Å². The van der Waals surface area contributed by atoms with Gasteiger partial charge < -0.3 is 4.90 Å². The topological polar surface area (TPSA) is 79.7 Å². The summed E-state index contributed by atoms with van der Waals surface area (Å²) in [7, 11) is 0. The van der Waals surface area contributed by atoms with E-state index in [1.165, 1.54) is 12.8 Å².